The molecule has 0 aliphatic rings. The lowest BCUT2D eigenvalue weighted by atomic mass is 10.0. The van der Waals surface area contributed by atoms with E-state index in [2.05, 4.69) is 22.3 Å². The van der Waals surface area contributed by atoms with Crippen molar-refractivity contribution in [3.05, 3.63) is 75.8 Å². The van der Waals surface area contributed by atoms with Crippen LogP contribution in [0, 0.1) is 5.82 Å². The van der Waals surface area contributed by atoms with Gasteiger partial charge in [-0.05, 0) is 43.6 Å². The summed E-state index contributed by atoms with van der Waals surface area (Å²) in [5, 5.41) is 6.42. The Morgan fingerprint density at radius 1 is 1.31 bits per heavy atom. The van der Waals surface area contributed by atoms with Gasteiger partial charge in [-0.2, -0.15) is 0 Å². The molecule has 0 aliphatic carbocycles. The summed E-state index contributed by atoms with van der Waals surface area (Å²) in [6.07, 6.45) is 0. The van der Waals surface area contributed by atoms with Crippen LogP contribution in [0.2, 0.25) is 5.02 Å². The van der Waals surface area contributed by atoms with Crippen LogP contribution >= 0.6 is 11.6 Å². The first kappa shape index (κ1) is 22.4. The molecule has 2 aromatic carbocycles. The molecule has 0 fully saturated rings. The first-order valence-electron chi connectivity index (χ1n) is 8.93. The average Bonchev–Trinajstić information content (AvgIpc) is 2.68. The Kier molecular flexibility index (Phi) is 7.75. The molecule has 0 saturated heterocycles. The minimum atomic E-state index is -0.679. The largest absolute Gasteiger partial charge is 0.384 e. The highest BCUT2D eigenvalue weighted by molar-refractivity contribution is 6.30. The Morgan fingerprint density at radius 3 is 2.59 bits per heavy atom. The molecule has 2 rings (SSSR count). The summed E-state index contributed by atoms with van der Waals surface area (Å²) in [4.78, 5) is 18.2. The topological polar surface area (TPSA) is 82.8 Å². The molecule has 0 aromatic heterocycles. The summed E-state index contributed by atoms with van der Waals surface area (Å²) in [6.45, 7) is 3.95. The smallest absolute Gasteiger partial charge is 0.254 e. The van der Waals surface area contributed by atoms with Gasteiger partial charge in [-0.25, -0.2) is 4.39 Å². The maximum absolute atomic E-state index is 14.7. The van der Waals surface area contributed by atoms with E-state index in [1.807, 2.05) is 6.07 Å². The lowest BCUT2D eigenvalue weighted by molar-refractivity contribution is 0.0932. The van der Waals surface area contributed by atoms with Crippen LogP contribution in [0.5, 0.6) is 0 Å². The van der Waals surface area contributed by atoms with Crippen LogP contribution in [0.3, 0.4) is 0 Å². The van der Waals surface area contributed by atoms with Crippen molar-refractivity contribution in [3.8, 4) is 0 Å². The van der Waals surface area contributed by atoms with E-state index >= 15 is 0 Å². The number of halogens is 2. The van der Waals surface area contributed by atoms with Gasteiger partial charge in [0, 0.05) is 31.2 Å². The maximum Gasteiger partial charge on any atom is 0.254 e. The molecule has 0 heterocycles. The van der Waals surface area contributed by atoms with Crippen molar-refractivity contribution in [1.29, 1.82) is 0 Å². The SMILES string of the molecule is C=N/C(=C(/N)N(C)C)c1ccc(C(=O)N[C@H](CNC)c2cccc(Cl)c2)c(F)c1. The summed E-state index contributed by atoms with van der Waals surface area (Å²) in [5.74, 6) is -0.874. The van der Waals surface area contributed by atoms with Crippen molar-refractivity contribution in [2.75, 3.05) is 27.7 Å². The zero-order valence-corrected chi connectivity index (χ0v) is 17.4. The summed E-state index contributed by atoms with van der Waals surface area (Å²) >= 11 is 6.05. The number of nitrogens with two attached hydrogens (primary N) is 1. The number of benzene rings is 2. The van der Waals surface area contributed by atoms with E-state index in [0.29, 0.717) is 28.6 Å². The summed E-state index contributed by atoms with van der Waals surface area (Å²) < 4.78 is 14.7. The van der Waals surface area contributed by atoms with Gasteiger partial charge in [0.15, 0.2) is 0 Å². The molecule has 0 bridgehead atoms. The van der Waals surface area contributed by atoms with Crippen LogP contribution in [0.4, 0.5) is 4.39 Å². The second kappa shape index (κ2) is 10.0. The molecule has 0 unspecified atom stereocenters. The molecule has 2 aromatic rings. The molecular formula is C21H25ClFN5O. The third kappa shape index (κ3) is 5.56. The molecule has 0 saturated carbocycles. The van der Waals surface area contributed by atoms with Gasteiger partial charge >= 0.3 is 0 Å². The molecule has 0 radical (unpaired) electrons. The van der Waals surface area contributed by atoms with Gasteiger partial charge in [-0.3, -0.25) is 9.79 Å². The molecule has 0 aliphatic heterocycles. The normalized spacial score (nSPS) is 12.7. The van der Waals surface area contributed by atoms with Crippen LogP contribution in [0.15, 0.2) is 53.3 Å². The fourth-order valence-electron chi connectivity index (χ4n) is 2.79. The Balaban J connectivity index is 2.31. The maximum atomic E-state index is 14.7. The average molecular weight is 418 g/mol. The number of carbonyl (C=O) groups excluding carboxylic acids is 1. The number of likely N-dealkylation sites (N-methyl/N-ethyl adjacent to an activating group) is 1. The van der Waals surface area contributed by atoms with E-state index in [1.54, 1.807) is 50.3 Å². The Bertz CT molecular complexity index is 929. The molecular weight excluding hydrogens is 393 g/mol. The monoisotopic (exact) mass is 417 g/mol. The van der Waals surface area contributed by atoms with Crippen LogP contribution in [0.25, 0.3) is 5.70 Å². The predicted molar refractivity (Wildman–Crippen MR) is 116 cm³/mol. The van der Waals surface area contributed by atoms with Crippen LogP contribution < -0.4 is 16.4 Å². The van der Waals surface area contributed by atoms with E-state index in [4.69, 9.17) is 17.3 Å². The van der Waals surface area contributed by atoms with Crippen molar-refractivity contribution >= 4 is 29.9 Å². The van der Waals surface area contributed by atoms with Crippen molar-refractivity contribution in [2.24, 2.45) is 10.7 Å². The fraction of sp³-hybridized carbons (Fsp3) is 0.238. The lowest BCUT2D eigenvalue weighted by Gasteiger charge is -2.20. The molecule has 1 amide bonds. The fourth-order valence-corrected chi connectivity index (χ4v) is 2.99. The second-order valence-corrected chi connectivity index (χ2v) is 7.06. The van der Waals surface area contributed by atoms with E-state index in [1.165, 1.54) is 12.1 Å². The summed E-state index contributed by atoms with van der Waals surface area (Å²) in [7, 11) is 5.26. The van der Waals surface area contributed by atoms with Crippen LogP contribution in [-0.4, -0.2) is 45.2 Å². The highest BCUT2D eigenvalue weighted by Crippen LogP contribution is 2.23. The van der Waals surface area contributed by atoms with Gasteiger partial charge in [0.2, 0.25) is 0 Å². The molecule has 6 nitrogen and oxygen atoms in total. The number of nitrogens with zero attached hydrogens (tertiary/aromatic N) is 2. The van der Waals surface area contributed by atoms with Gasteiger partial charge in [-0.1, -0.05) is 29.8 Å². The predicted octanol–water partition coefficient (Wildman–Crippen LogP) is 3.02. The number of hydrogen-bond acceptors (Lipinski definition) is 5. The van der Waals surface area contributed by atoms with E-state index in [9.17, 15) is 9.18 Å². The molecule has 154 valence electrons. The van der Waals surface area contributed by atoms with Gasteiger partial charge in [0.25, 0.3) is 5.91 Å². The second-order valence-electron chi connectivity index (χ2n) is 6.62. The quantitative estimate of drug-likeness (QED) is 0.576. The van der Waals surface area contributed by atoms with Gasteiger partial charge in [0.1, 0.15) is 17.3 Å². The van der Waals surface area contributed by atoms with Crippen LogP contribution in [-0.2, 0) is 0 Å². The number of nitrogens with one attached hydrogen (secondary N) is 2. The van der Waals surface area contributed by atoms with Crippen molar-refractivity contribution < 1.29 is 9.18 Å². The molecule has 0 spiro atoms. The zero-order valence-electron chi connectivity index (χ0n) is 16.7. The first-order valence-corrected chi connectivity index (χ1v) is 9.31. The van der Waals surface area contributed by atoms with E-state index in [-0.39, 0.29) is 11.6 Å². The van der Waals surface area contributed by atoms with Gasteiger partial charge in [-0.15, -0.1) is 0 Å². The lowest BCUT2D eigenvalue weighted by Crippen LogP contribution is -2.35. The third-order valence-corrected chi connectivity index (χ3v) is 4.57. The van der Waals surface area contributed by atoms with E-state index in [0.717, 1.165) is 5.56 Å². The standard InChI is InChI=1S/C21H25ClFN5O/c1-25-12-18(13-6-5-7-15(22)10-13)27-21(29)16-9-8-14(11-17(16)23)19(26-2)20(24)28(3)4/h5-11,18,25H,2,12,24H2,1,3-4H3,(H,27,29)/b20-19-/t18-/m1/s1. The molecule has 8 heteroatoms. The van der Waals surface area contributed by atoms with Crippen molar-refractivity contribution in [2.45, 2.75) is 6.04 Å². The number of carbonyl (C=O) groups is 1. The third-order valence-electron chi connectivity index (χ3n) is 4.33. The van der Waals surface area contributed by atoms with Gasteiger partial charge in [0.05, 0.1) is 11.6 Å². The van der Waals surface area contributed by atoms with Crippen molar-refractivity contribution in [3.63, 3.8) is 0 Å². The highest BCUT2D eigenvalue weighted by atomic mass is 35.5. The Labute approximate surface area is 175 Å². The number of hydrogen-bond donors (Lipinski definition) is 3. The number of aliphatic imine (C=N–C) groups is 1. The number of rotatable bonds is 8. The van der Waals surface area contributed by atoms with Gasteiger partial charge < -0.3 is 21.3 Å². The van der Waals surface area contributed by atoms with Crippen molar-refractivity contribution in [1.82, 2.24) is 15.5 Å². The van der Waals surface area contributed by atoms with E-state index < -0.39 is 11.7 Å². The minimum Gasteiger partial charge on any atom is -0.384 e. The molecule has 1 atom stereocenters. The highest BCUT2D eigenvalue weighted by Gasteiger charge is 2.19. The Morgan fingerprint density at radius 2 is 2.03 bits per heavy atom. The summed E-state index contributed by atoms with van der Waals surface area (Å²) in [6, 6.07) is 11.0. The molecule has 29 heavy (non-hydrogen) atoms. The first-order chi connectivity index (χ1) is 13.8. The van der Waals surface area contributed by atoms with Crippen LogP contribution in [0.1, 0.15) is 27.5 Å². The number of amides is 1. The zero-order chi connectivity index (χ0) is 21.6. The molecule has 4 N–H and O–H groups in total. The minimum absolute atomic E-state index is 0.0799. The summed E-state index contributed by atoms with van der Waals surface area (Å²) in [5.41, 5.74) is 7.49. The Hall–Kier alpha value is -2.90.